The van der Waals surface area contributed by atoms with Gasteiger partial charge in [0.15, 0.2) is 0 Å². The van der Waals surface area contributed by atoms with Crippen molar-refractivity contribution >= 4 is 34.2 Å². The zero-order valence-corrected chi connectivity index (χ0v) is 19.5. The number of ether oxygens (including phenoxy) is 1. The van der Waals surface area contributed by atoms with Gasteiger partial charge in [-0.05, 0) is 36.0 Å². The number of carbonyl (C=O) groups excluding carboxylic acids is 3. The molecule has 8 nitrogen and oxygen atoms in total. The van der Waals surface area contributed by atoms with Crippen LogP contribution in [0.15, 0.2) is 36.4 Å². The molecule has 2 aromatic rings. The van der Waals surface area contributed by atoms with Crippen molar-refractivity contribution in [2.24, 2.45) is 23.7 Å². The topological polar surface area (TPSA) is 101 Å². The minimum absolute atomic E-state index is 0.0530. The molecule has 2 fully saturated rings. The lowest BCUT2D eigenvalue weighted by molar-refractivity contribution is -0.144. The van der Waals surface area contributed by atoms with Gasteiger partial charge >= 0.3 is 0 Å². The van der Waals surface area contributed by atoms with Gasteiger partial charge in [-0.25, -0.2) is 0 Å². The van der Waals surface area contributed by atoms with Crippen molar-refractivity contribution < 1.29 is 19.1 Å². The van der Waals surface area contributed by atoms with Gasteiger partial charge in [-0.1, -0.05) is 49.5 Å². The van der Waals surface area contributed by atoms with Crippen LogP contribution in [0.25, 0.3) is 0 Å². The zero-order chi connectivity index (χ0) is 23.3. The summed E-state index contributed by atoms with van der Waals surface area (Å²) in [5.74, 6) is -0.187. The van der Waals surface area contributed by atoms with Gasteiger partial charge in [0.2, 0.25) is 22.9 Å². The van der Waals surface area contributed by atoms with E-state index in [1.165, 1.54) is 16.2 Å². The molecule has 1 aromatic heterocycles. The molecule has 5 unspecified atom stereocenters. The molecule has 1 aliphatic heterocycles. The van der Waals surface area contributed by atoms with Crippen LogP contribution >= 0.6 is 11.3 Å². The number of allylic oxidation sites excluding steroid dienone is 2. The number of nitrogens with one attached hydrogen (secondary N) is 1. The third kappa shape index (κ3) is 3.74. The predicted octanol–water partition coefficient (Wildman–Crippen LogP) is 3.55. The van der Waals surface area contributed by atoms with Crippen LogP contribution in [0, 0.1) is 23.7 Å². The number of hydrogen-bond donors (Lipinski definition) is 1. The summed E-state index contributed by atoms with van der Waals surface area (Å²) in [4.78, 5) is 41.2. The maximum atomic E-state index is 13.4. The van der Waals surface area contributed by atoms with Gasteiger partial charge in [0.05, 0.1) is 31.4 Å². The molecular formula is C24H26N4O4S. The summed E-state index contributed by atoms with van der Waals surface area (Å²) < 4.78 is 5.25. The summed E-state index contributed by atoms with van der Waals surface area (Å²) in [6, 6.07) is 6.47. The van der Waals surface area contributed by atoms with E-state index in [9.17, 15) is 14.4 Å². The van der Waals surface area contributed by atoms with Crippen LogP contribution in [-0.4, -0.2) is 39.9 Å². The maximum absolute atomic E-state index is 13.4. The molecule has 9 heteroatoms. The lowest BCUT2D eigenvalue weighted by Gasteiger charge is -2.28. The minimum Gasteiger partial charge on any atom is -0.497 e. The molecule has 5 rings (SSSR count). The number of hydrogen-bond acceptors (Lipinski definition) is 7. The molecule has 1 N–H and O–H groups in total. The predicted molar refractivity (Wildman–Crippen MR) is 123 cm³/mol. The van der Waals surface area contributed by atoms with Crippen LogP contribution in [0.4, 0.5) is 5.13 Å². The Labute approximate surface area is 196 Å². The average molecular weight is 467 g/mol. The number of fused-ring (bicyclic) bond motifs is 5. The van der Waals surface area contributed by atoms with Crippen molar-refractivity contribution in [1.82, 2.24) is 15.1 Å². The smallest absolute Gasteiger partial charge is 0.234 e. The Balaban J connectivity index is 1.41. The van der Waals surface area contributed by atoms with Gasteiger partial charge < -0.3 is 10.1 Å². The van der Waals surface area contributed by atoms with Gasteiger partial charge in [-0.15, -0.1) is 10.2 Å². The van der Waals surface area contributed by atoms with Crippen LogP contribution in [0.5, 0.6) is 5.75 Å². The van der Waals surface area contributed by atoms with Gasteiger partial charge in [0, 0.05) is 5.92 Å². The quantitative estimate of drug-likeness (QED) is 0.495. The molecule has 0 radical (unpaired) electrons. The number of likely N-dealkylation sites (tertiary alicyclic amines) is 1. The van der Waals surface area contributed by atoms with Crippen molar-refractivity contribution in [3.63, 3.8) is 0 Å². The number of benzene rings is 1. The molecule has 1 saturated heterocycles. The zero-order valence-electron chi connectivity index (χ0n) is 18.7. The van der Waals surface area contributed by atoms with Crippen molar-refractivity contribution in [3.8, 4) is 5.75 Å². The Morgan fingerprint density at radius 1 is 1.12 bits per heavy atom. The van der Waals surface area contributed by atoms with Crippen LogP contribution in [-0.2, 0) is 14.4 Å². The maximum Gasteiger partial charge on any atom is 0.234 e. The Kier molecular flexibility index (Phi) is 5.52. The molecule has 3 amide bonds. The fourth-order valence-corrected chi connectivity index (χ4v) is 6.04. The fraction of sp³-hybridized carbons (Fsp3) is 0.458. The Hall–Kier alpha value is -3.07. The second-order valence-corrected chi connectivity index (χ2v) is 10.2. The molecule has 1 aromatic carbocycles. The highest BCUT2D eigenvalue weighted by atomic mass is 32.1. The normalized spacial score (nSPS) is 26.2. The Morgan fingerprint density at radius 2 is 1.76 bits per heavy atom. The number of methoxy groups -OCH3 is 1. The summed E-state index contributed by atoms with van der Waals surface area (Å²) in [6.45, 7) is 4.02. The van der Waals surface area contributed by atoms with Crippen LogP contribution in [0.2, 0.25) is 0 Å². The largest absolute Gasteiger partial charge is 0.497 e. The van der Waals surface area contributed by atoms with E-state index in [1.807, 2.05) is 13.8 Å². The van der Waals surface area contributed by atoms with Gasteiger partial charge in [-0.2, -0.15) is 0 Å². The molecule has 172 valence electrons. The first kappa shape index (κ1) is 21.8. The van der Waals surface area contributed by atoms with E-state index in [0.717, 1.165) is 11.4 Å². The molecule has 0 spiro atoms. The van der Waals surface area contributed by atoms with E-state index in [-0.39, 0.29) is 53.7 Å². The molecule has 2 bridgehead atoms. The number of anilines is 1. The number of aromatic nitrogens is 2. The van der Waals surface area contributed by atoms with Crippen molar-refractivity contribution in [2.45, 2.75) is 38.6 Å². The summed E-state index contributed by atoms with van der Waals surface area (Å²) in [5, 5.41) is 12.2. The van der Waals surface area contributed by atoms with E-state index in [2.05, 4.69) is 27.7 Å². The van der Waals surface area contributed by atoms with Crippen LogP contribution < -0.4 is 10.1 Å². The second kappa shape index (κ2) is 8.37. The van der Waals surface area contributed by atoms with Crippen LogP contribution in [0.3, 0.4) is 0 Å². The minimum atomic E-state index is -0.696. The lowest BCUT2D eigenvalue weighted by atomic mass is 9.85. The summed E-state index contributed by atoms with van der Waals surface area (Å²) >= 11 is 1.33. The fourth-order valence-electron chi connectivity index (χ4n) is 5.28. The van der Waals surface area contributed by atoms with Gasteiger partial charge in [0.1, 0.15) is 10.8 Å². The number of rotatable bonds is 7. The molecule has 5 atom stereocenters. The number of imide groups is 1. The SMILES string of the molecule is COc1ccc(C(CC(=O)Nc2nnc(C(C)C)s2)N2C(=O)C3C4C=CC(C4)C3C2=O)cc1. The number of nitrogens with zero attached hydrogens (tertiary/aromatic N) is 3. The van der Waals surface area contributed by atoms with Crippen LogP contribution in [0.1, 0.15) is 49.2 Å². The monoisotopic (exact) mass is 466 g/mol. The standard InChI is InChI=1S/C24H26N4O4S/c1-12(2)21-26-27-24(33-21)25-18(29)11-17(13-6-8-16(32-3)9-7-13)28-22(30)19-14-4-5-15(10-14)20(19)23(28)31/h4-9,12,14-15,17,19-20H,10-11H2,1-3H3,(H,25,27,29). The van der Waals surface area contributed by atoms with Gasteiger partial charge in [0.25, 0.3) is 0 Å². The van der Waals surface area contributed by atoms with Crippen molar-refractivity contribution in [3.05, 3.63) is 47.0 Å². The average Bonchev–Trinajstić information content (AvgIpc) is 3.57. The van der Waals surface area contributed by atoms with E-state index >= 15 is 0 Å². The van der Waals surface area contributed by atoms with Crippen molar-refractivity contribution in [1.29, 1.82) is 0 Å². The highest BCUT2D eigenvalue weighted by molar-refractivity contribution is 7.15. The highest BCUT2D eigenvalue weighted by Crippen LogP contribution is 2.54. The third-order valence-electron chi connectivity index (χ3n) is 6.88. The third-order valence-corrected chi connectivity index (χ3v) is 8.02. The second-order valence-electron chi connectivity index (χ2n) is 9.19. The summed E-state index contributed by atoms with van der Waals surface area (Å²) in [6.07, 6.45) is 4.95. The van der Waals surface area contributed by atoms with E-state index in [1.54, 1.807) is 31.4 Å². The van der Waals surface area contributed by atoms with E-state index < -0.39 is 6.04 Å². The summed E-state index contributed by atoms with van der Waals surface area (Å²) in [7, 11) is 1.57. The molecule has 1 saturated carbocycles. The highest BCUT2D eigenvalue weighted by Gasteiger charge is 2.60. The Bertz CT molecular complexity index is 1100. The first-order valence-corrected chi connectivity index (χ1v) is 12.0. The molecule has 2 heterocycles. The summed E-state index contributed by atoms with van der Waals surface area (Å²) in [5.41, 5.74) is 0.716. The van der Waals surface area contributed by atoms with Gasteiger partial charge in [-0.3, -0.25) is 19.3 Å². The first-order valence-electron chi connectivity index (χ1n) is 11.2. The lowest BCUT2D eigenvalue weighted by Crippen LogP contribution is -2.38. The number of amides is 3. The molecular weight excluding hydrogens is 440 g/mol. The molecule has 33 heavy (non-hydrogen) atoms. The molecule has 3 aliphatic rings. The first-order chi connectivity index (χ1) is 15.9. The van der Waals surface area contributed by atoms with Crippen molar-refractivity contribution in [2.75, 3.05) is 12.4 Å². The number of carbonyl (C=O) groups is 3. The van der Waals surface area contributed by atoms with E-state index in [0.29, 0.717) is 16.4 Å². The molecule has 2 aliphatic carbocycles. The van der Waals surface area contributed by atoms with E-state index in [4.69, 9.17) is 4.74 Å². The Morgan fingerprint density at radius 3 is 2.30 bits per heavy atom.